The summed E-state index contributed by atoms with van der Waals surface area (Å²) in [5.74, 6) is -0.0611. The van der Waals surface area contributed by atoms with Crippen LogP contribution in [0.2, 0.25) is 5.02 Å². The average molecular weight is 388 g/mol. The molecule has 1 atom stereocenters. The van der Waals surface area contributed by atoms with E-state index in [1.807, 2.05) is 42.5 Å². The minimum absolute atomic E-state index is 0.0611. The summed E-state index contributed by atoms with van der Waals surface area (Å²) in [4.78, 5) is 13.5. The van der Waals surface area contributed by atoms with Crippen molar-refractivity contribution >= 4 is 23.2 Å². The van der Waals surface area contributed by atoms with Crippen LogP contribution >= 0.6 is 11.6 Å². The minimum Gasteiger partial charge on any atom is -0.379 e. The van der Waals surface area contributed by atoms with Gasteiger partial charge in [-0.3, -0.25) is 9.69 Å². The molecule has 1 aliphatic rings. The summed E-state index contributed by atoms with van der Waals surface area (Å²) < 4.78 is 5.50. The summed E-state index contributed by atoms with van der Waals surface area (Å²) in [6.45, 7) is 6.39. The third-order valence-electron chi connectivity index (χ3n) is 4.69. The number of hydrogen-bond acceptors (Lipinski definition) is 4. The molecule has 1 heterocycles. The molecular formula is C21H26ClN3O2. The lowest BCUT2D eigenvalue weighted by molar-refractivity contribution is -0.114. The van der Waals surface area contributed by atoms with Gasteiger partial charge < -0.3 is 15.4 Å². The summed E-state index contributed by atoms with van der Waals surface area (Å²) in [5, 5.41) is 7.14. The highest BCUT2D eigenvalue weighted by Crippen LogP contribution is 2.27. The highest BCUT2D eigenvalue weighted by Gasteiger charge is 2.23. The number of halogens is 1. The minimum atomic E-state index is -0.0611. The van der Waals surface area contributed by atoms with Gasteiger partial charge in [0.15, 0.2) is 0 Å². The average Bonchev–Trinajstić information content (AvgIpc) is 2.68. The summed E-state index contributed by atoms with van der Waals surface area (Å²) in [5.41, 5.74) is 3.13. The quantitative estimate of drug-likeness (QED) is 0.763. The SMILES string of the molecule is CC(=O)Nc1ccc(CNCC(c2ccccc2Cl)N2CCOCC2)cc1. The van der Waals surface area contributed by atoms with Crippen molar-refractivity contribution in [3.05, 3.63) is 64.7 Å². The number of morpholine rings is 1. The maximum absolute atomic E-state index is 11.1. The van der Waals surface area contributed by atoms with Crippen LogP contribution in [-0.2, 0) is 16.1 Å². The van der Waals surface area contributed by atoms with E-state index in [1.165, 1.54) is 12.5 Å². The fraction of sp³-hybridized carbons (Fsp3) is 0.381. The molecule has 6 heteroatoms. The van der Waals surface area contributed by atoms with E-state index in [2.05, 4.69) is 21.6 Å². The van der Waals surface area contributed by atoms with Crippen molar-refractivity contribution in [2.45, 2.75) is 19.5 Å². The van der Waals surface area contributed by atoms with Crippen LogP contribution in [-0.4, -0.2) is 43.7 Å². The lowest BCUT2D eigenvalue weighted by Gasteiger charge is -2.35. The van der Waals surface area contributed by atoms with E-state index < -0.39 is 0 Å². The molecule has 27 heavy (non-hydrogen) atoms. The lowest BCUT2D eigenvalue weighted by Crippen LogP contribution is -2.42. The molecule has 5 nitrogen and oxygen atoms in total. The second-order valence-electron chi connectivity index (χ2n) is 6.69. The zero-order valence-corrected chi connectivity index (χ0v) is 16.3. The Hall–Kier alpha value is -1.92. The molecule has 0 saturated carbocycles. The molecule has 1 aliphatic heterocycles. The van der Waals surface area contributed by atoms with Gasteiger partial charge in [0.25, 0.3) is 0 Å². The molecule has 0 aliphatic carbocycles. The number of carbonyl (C=O) groups excluding carboxylic acids is 1. The van der Waals surface area contributed by atoms with Crippen LogP contribution < -0.4 is 10.6 Å². The maximum atomic E-state index is 11.1. The second-order valence-corrected chi connectivity index (χ2v) is 7.10. The topological polar surface area (TPSA) is 53.6 Å². The Balaban J connectivity index is 1.62. The third kappa shape index (κ3) is 5.78. The van der Waals surface area contributed by atoms with E-state index in [-0.39, 0.29) is 11.9 Å². The first-order chi connectivity index (χ1) is 13.1. The molecule has 2 N–H and O–H groups in total. The normalized spacial score (nSPS) is 16.1. The Morgan fingerprint density at radius 1 is 1.15 bits per heavy atom. The largest absolute Gasteiger partial charge is 0.379 e. The number of carbonyl (C=O) groups is 1. The molecule has 2 aromatic rings. The van der Waals surface area contributed by atoms with Gasteiger partial charge in [0.2, 0.25) is 5.91 Å². The first-order valence-electron chi connectivity index (χ1n) is 9.27. The van der Waals surface area contributed by atoms with E-state index in [0.717, 1.165) is 55.7 Å². The van der Waals surface area contributed by atoms with E-state index >= 15 is 0 Å². The third-order valence-corrected chi connectivity index (χ3v) is 5.04. The lowest BCUT2D eigenvalue weighted by atomic mass is 10.0. The predicted molar refractivity (Wildman–Crippen MR) is 109 cm³/mol. The zero-order valence-electron chi connectivity index (χ0n) is 15.6. The number of benzene rings is 2. The van der Waals surface area contributed by atoms with Gasteiger partial charge in [-0.25, -0.2) is 0 Å². The molecule has 1 amide bonds. The van der Waals surface area contributed by atoms with E-state index in [4.69, 9.17) is 16.3 Å². The van der Waals surface area contributed by atoms with Crippen LogP contribution in [0, 0.1) is 0 Å². The number of anilines is 1. The van der Waals surface area contributed by atoms with Gasteiger partial charge in [0, 0.05) is 49.9 Å². The Morgan fingerprint density at radius 2 is 1.85 bits per heavy atom. The van der Waals surface area contributed by atoms with Gasteiger partial charge in [-0.1, -0.05) is 41.9 Å². The summed E-state index contributed by atoms with van der Waals surface area (Å²) in [6, 6.07) is 16.2. The molecule has 1 fully saturated rings. The molecule has 0 radical (unpaired) electrons. The van der Waals surface area contributed by atoms with Crippen molar-refractivity contribution in [3.8, 4) is 0 Å². The van der Waals surface area contributed by atoms with Crippen molar-refractivity contribution < 1.29 is 9.53 Å². The predicted octanol–water partition coefficient (Wildman–Crippen LogP) is 3.46. The first-order valence-corrected chi connectivity index (χ1v) is 9.65. The number of rotatable bonds is 7. The molecule has 3 rings (SSSR count). The molecule has 0 aromatic heterocycles. The van der Waals surface area contributed by atoms with E-state index in [1.54, 1.807) is 0 Å². The van der Waals surface area contributed by atoms with Crippen molar-refractivity contribution in [1.29, 1.82) is 0 Å². The fourth-order valence-corrected chi connectivity index (χ4v) is 3.59. The van der Waals surface area contributed by atoms with Crippen molar-refractivity contribution in [2.24, 2.45) is 0 Å². The number of amides is 1. The molecule has 144 valence electrons. The number of hydrogen-bond donors (Lipinski definition) is 2. The monoisotopic (exact) mass is 387 g/mol. The van der Waals surface area contributed by atoms with Crippen molar-refractivity contribution in [2.75, 3.05) is 38.2 Å². The number of nitrogens with zero attached hydrogens (tertiary/aromatic N) is 1. The summed E-state index contributed by atoms with van der Waals surface area (Å²) in [7, 11) is 0. The van der Waals surface area contributed by atoms with Gasteiger partial charge in [-0.15, -0.1) is 0 Å². The van der Waals surface area contributed by atoms with Crippen LogP contribution in [0.3, 0.4) is 0 Å². The number of ether oxygens (including phenoxy) is 1. The van der Waals surface area contributed by atoms with Crippen LogP contribution in [0.5, 0.6) is 0 Å². The van der Waals surface area contributed by atoms with E-state index in [9.17, 15) is 4.79 Å². The Bertz CT molecular complexity index is 745. The van der Waals surface area contributed by atoms with Crippen LogP contribution in [0.25, 0.3) is 0 Å². The van der Waals surface area contributed by atoms with Crippen molar-refractivity contribution in [1.82, 2.24) is 10.2 Å². The standard InChI is InChI=1S/C21H26ClN3O2/c1-16(26)24-18-8-6-17(7-9-18)14-23-15-21(25-10-12-27-13-11-25)19-4-2-3-5-20(19)22/h2-9,21,23H,10-15H2,1H3,(H,24,26). The van der Waals surface area contributed by atoms with Crippen LogP contribution in [0.15, 0.2) is 48.5 Å². The van der Waals surface area contributed by atoms with Gasteiger partial charge in [0.05, 0.1) is 13.2 Å². The summed E-state index contributed by atoms with van der Waals surface area (Å²) in [6.07, 6.45) is 0. The molecule has 0 spiro atoms. The Morgan fingerprint density at radius 3 is 2.52 bits per heavy atom. The highest BCUT2D eigenvalue weighted by atomic mass is 35.5. The van der Waals surface area contributed by atoms with Crippen LogP contribution in [0.4, 0.5) is 5.69 Å². The summed E-state index contributed by atoms with van der Waals surface area (Å²) >= 11 is 6.47. The van der Waals surface area contributed by atoms with Crippen LogP contribution in [0.1, 0.15) is 24.1 Å². The van der Waals surface area contributed by atoms with Gasteiger partial charge in [-0.2, -0.15) is 0 Å². The van der Waals surface area contributed by atoms with Crippen molar-refractivity contribution in [3.63, 3.8) is 0 Å². The Labute approximate surface area is 165 Å². The Kier molecular flexibility index (Phi) is 7.24. The van der Waals surface area contributed by atoms with E-state index in [0.29, 0.717) is 0 Å². The zero-order chi connectivity index (χ0) is 19.1. The van der Waals surface area contributed by atoms with Gasteiger partial charge in [-0.05, 0) is 29.3 Å². The molecular weight excluding hydrogens is 362 g/mol. The molecule has 1 saturated heterocycles. The fourth-order valence-electron chi connectivity index (χ4n) is 3.33. The smallest absolute Gasteiger partial charge is 0.221 e. The first kappa shape index (κ1) is 19.8. The number of nitrogens with one attached hydrogen (secondary N) is 2. The van der Waals surface area contributed by atoms with Gasteiger partial charge >= 0.3 is 0 Å². The molecule has 1 unspecified atom stereocenters. The molecule has 0 bridgehead atoms. The highest BCUT2D eigenvalue weighted by molar-refractivity contribution is 6.31. The molecule has 2 aromatic carbocycles. The second kappa shape index (κ2) is 9.85. The van der Waals surface area contributed by atoms with Gasteiger partial charge in [0.1, 0.15) is 0 Å². The maximum Gasteiger partial charge on any atom is 0.221 e.